The highest BCUT2D eigenvalue weighted by atomic mass is 32.2. The zero-order valence-electron chi connectivity index (χ0n) is 20.8. The van der Waals surface area contributed by atoms with Crippen LogP contribution < -0.4 is 14.8 Å². The lowest BCUT2D eigenvalue weighted by Gasteiger charge is -2.18. The number of carbonyl (C=O) groups is 2. The van der Waals surface area contributed by atoms with Gasteiger partial charge in [0.2, 0.25) is 21.8 Å². The van der Waals surface area contributed by atoms with Crippen LogP contribution in [0.5, 0.6) is 11.6 Å². The van der Waals surface area contributed by atoms with Crippen LogP contribution in [0.3, 0.4) is 0 Å². The SMILES string of the molecule is CCC(C)NS(=O)(=O)c1cc(NC(=O)C(C)C)ccc1Oc1c(C)c(C(=O)O)nn1-c1ccccc1. The minimum atomic E-state index is -4.07. The molecule has 10 nitrogen and oxygen atoms in total. The van der Waals surface area contributed by atoms with Gasteiger partial charge >= 0.3 is 5.97 Å². The van der Waals surface area contributed by atoms with E-state index in [4.69, 9.17) is 4.74 Å². The van der Waals surface area contributed by atoms with Crippen molar-refractivity contribution in [2.24, 2.45) is 5.92 Å². The maximum Gasteiger partial charge on any atom is 0.356 e. The van der Waals surface area contributed by atoms with Gasteiger partial charge in [-0.25, -0.2) is 17.9 Å². The largest absolute Gasteiger partial charge is 0.476 e. The minimum Gasteiger partial charge on any atom is -0.476 e. The Labute approximate surface area is 210 Å². The lowest BCUT2D eigenvalue weighted by atomic mass is 10.2. The molecule has 0 aliphatic carbocycles. The quantitative estimate of drug-likeness (QED) is 0.366. The predicted molar refractivity (Wildman–Crippen MR) is 135 cm³/mol. The molecule has 36 heavy (non-hydrogen) atoms. The number of carboxylic acids is 1. The molecule has 1 aromatic heterocycles. The third-order valence-electron chi connectivity index (χ3n) is 5.47. The topological polar surface area (TPSA) is 140 Å². The van der Waals surface area contributed by atoms with Gasteiger partial charge < -0.3 is 15.2 Å². The smallest absolute Gasteiger partial charge is 0.356 e. The van der Waals surface area contributed by atoms with Crippen LogP contribution in [0.1, 0.15) is 50.2 Å². The van der Waals surface area contributed by atoms with Crippen molar-refractivity contribution >= 4 is 27.6 Å². The normalized spacial score (nSPS) is 12.4. The van der Waals surface area contributed by atoms with Gasteiger partial charge in [-0.15, -0.1) is 0 Å². The highest BCUT2D eigenvalue weighted by molar-refractivity contribution is 7.89. The van der Waals surface area contributed by atoms with E-state index in [0.29, 0.717) is 12.1 Å². The summed E-state index contributed by atoms with van der Waals surface area (Å²) in [6.07, 6.45) is 0.557. The number of aromatic nitrogens is 2. The van der Waals surface area contributed by atoms with Gasteiger partial charge in [0.05, 0.1) is 5.69 Å². The highest BCUT2D eigenvalue weighted by Crippen LogP contribution is 2.35. The van der Waals surface area contributed by atoms with Crippen LogP contribution in [0.25, 0.3) is 5.69 Å². The van der Waals surface area contributed by atoms with Crippen molar-refractivity contribution < 1.29 is 27.9 Å². The first-order valence-electron chi connectivity index (χ1n) is 11.5. The monoisotopic (exact) mass is 514 g/mol. The molecule has 0 aliphatic rings. The Hall–Kier alpha value is -3.70. The molecular weight excluding hydrogens is 484 g/mol. The van der Waals surface area contributed by atoms with E-state index in [1.165, 1.54) is 29.8 Å². The number of nitrogens with one attached hydrogen (secondary N) is 2. The fourth-order valence-corrected chi connectivity index (χ4v) is 4.71. The average molecular weight is 515 g/mol. The van der Waals surface area contributed by atoms with E-state index in [1.54, 1.807) is 51.1 Å². The molecule has 0 aliphatic heterocycles. The summed E-state index contributed by atoms with van der Waals surface area (Å²) in [6, 6.07) is 12.7. The van der Waals surface area contributed by atoms with Crippen molar-refractivity contribution in [2.45, 2.75) is 52.0 Å². The van der Waals surface area contributed by atoms with Crippen LogP contribution in [-0.2, 0) is 14.8 Å². The third kappa shape index (κ3) is 5.92. The van der Waals surface area contributed by atoms with Crippen LogP contribution in [-0.4, -0.2) is 41.2 Å². The maximum atomic E-state index is 13.3. The molecule has 1 unspecified atom stereocenters. The molecule has 1 heterocycles. The number of para-hydroxylation sites is 1. The lowest BCUT2D eigenvalue weighted by molar-refractivity contribution is -0.118. The first-order chi connectivity index (χ1) is 16.9. The van der Waals surface area contributed by atoms with Gasteiger partial charge in [-0.1, -0.05) is 39.0 Å². The van der Waals surface area contributed by atoms with Gasteiger partial charge in [-0.2, -0.15) is 9.78 Å². The van der Waals surface area contributed by atoms with Crippen molar-refractivity contribution in [3.8, 4) is 17.3 Å². The van der Waals surface area contributed by atoms with Crippen molar-refractivity contribution in [3.05, 3.63) is 59.8 Å². The standard InChI is InChI=1S/C25H30N4O6S/c1-6-16(4)28-36(33,34)21-14-18(26-23(30)15(2)3)12-13-20(21)35-24-17(5)22(25(31)32)27-29(24)19-10-8-7-9-11-19/h7-16,28H,6H2,1-5H3,(H,26,30)(H,31,32). The molecule has 3 rings (SSSR count). The molecule has 11 heteroatoms. The first kappa shape index (κ1) is 26.9. The number of amides is 1. The summed E-state index contributed by atoms with van der Waals surface area (Å²) < 4.78 is 36.6. The number of carboxylic acid groups (broad SMARTS) is 1. The zero-order valence-corrected chi connectivity index (χ0v) is 21.6. The summed E-state index contributed by atoms with van der Waals surface area (Å²) >= 11 is 0. The molecule has 192 valence electrons. The second-order valence-electron chi connectivity index (χ2n) is 8.67. The molecule has 0 fully saturated rings. The van der Waals surface area contributed by atoms with E-state index >= 15 is 0 Å². The van der Waals surface area contributed by atoms with Gasteiger partial charge in [0.1, 0.15) is 10.6 Å². The van der Waals surface area contributed by atoms with E-state index in [-0.39, 0.29) is 51.3 Å². The van der Waals surface area contributed by atoms with E-state index in [2.05, 4.69) is 15.1 Å². The van der Waals surface area contributed by atoms with Gasteiger partial charge in [-0.05, 0) is 50.6 Å². The summed E-state index contributed by atoms with van der Waals surface area (Å²) in [5.41, 5.74) is 0.815. The fourth-order valence-electron chi connectivity index (χ4n) is 3.23. The molecule has 3 N–H and O–H groups in total. The van der Waals surface area contributed by atoms with Crippen molar-refractivity contribution in [1.82, 2.24) is 14.5 Å². The summed E-state index contributed by atoms with van der Waals surface area (Å²) in [6.45, 7) is 8.56. The van der Waals surface area contributed by atoms with E-state index in [1.807, 2.05) is 6.92 Å². The molecule has 0 radical (unpaired) electrons. The second kappa shape index (κ2) is 10.9. The molecule has 1 atom stereocenters. The number of anilines is 1. The first-order valence-corrected chi connectivity index (χ1v) is 13.0. The van der Waals surface area contributed by atoms with Crippen LogP contribution >= 0.6 is 0 Å². The van der Waals surface area contributed by atoms with Crippen LogP contribution in [0.4, 0.5) is 5.69 Å². The van der Waals surface area contributed by atoms with Crippen molar-refractivity contribution in [2.75, 3.05) is 5.32 Å². The number of hydrogen-bond donors (Lipinski definition) is 3. The summed E-state index contributed by atoms with van der Waals surface area (Å²) in [5, 5.41) is 16.5. The number of sulfonamides is 1. The zero-order chi connectivity index (χ0) is 26.6. The Morgan fingerprint density at radius 3 is 2.36 bits per heavy atom. The molecule has 1 amide bonds. The number of carbonyl (C=O) groups excluding carboxylic acids is 1. The van der Waals surface area contributed by atoms with Gasteiger partial charge in [0.25, 0.3) is 0 Å². The van der Waals surface area contributed by atoms with Gasteiger partial charge in [0.15, 0.2) is 5.69 Å². The number of benzene rings is 2. The molecular formula is C25H30N4O6S. The molecule has 0 saturated heterocycles. The molecule has 0 bridgehead atoms. The molecule has 2 aromatic carbocycles. The van der Waals surface area contributed by atoms with E-state index in [9.17, 15) is 23.1 Å². The molecule has 0 spiro atoms. The van der Waals surface area contributed by atoms with Crippen LogP contribution in [0, 0.1) is 12.8 Å². The minimum absolute atomic E-state index is 0.0505. The number of hydrogen-bond acceptors (Lipinski definition) is 6. The molecule has 3 aromatic rings. The predicted octanol–water partition coefficient (Wildman–Crippen LogP) is 4.34. The molecule has 0 saturated carbocycles. The fraction of sp³-hybridized carbons (Fsp3) is 0.320. The highest BCUT2D eigenvalue weighted by Gasteiger charge is 2.27. The lowest BCUT2D eigenvalue weighted by Crippen LogP contribution is -2.32. The summed E-state index contributed by atoms with van der Waals surface area (Å²) in [4.78, 5) is 23.8. The van der Waals surface area contributed by atoms with Crippen LogP contribution in [0.2, 0.25) is 0 Å². The Morgan fingerprint density at radius 1 is 1.11 bits per heavy atom. The Bertz CT molecular complexity index is 1370. The van der Waals surface area contributed by atoms with Crippen molar-refractivity contribution in [1.29, 1.82) is 0 Å². The van der Waals surface area contributed by atoms with Crippen LogP contribution in [0.15, 0.2) is 53.4 Å². The van der Waals surface area contributed by atoms with Crippen molar-refractivity contribution in [3.63, 3.8) is 0 Å². The van der Waals surface area contributed by atoms with Gasteiger partial charge in [-0.3, -0.25) is 4.79 Å². The number of rotatable bonds is 10. The van der Waals surface area contributed by atoms with Gasteiger partial charge in [0, 0.05) is 23.2 Å². The number of aromatic carboxylic acids is 1. The Kier molecular flexibility index (Phi) is 8.16. The maximum absolute atomic E-state index is 13.3. The number of nitrogens with zero attached hydrogens (tertiary/aromatic N) is 2. The Morgan fingerprint density at radius 2 is 1.78 bits per heavy atom. The second-order valence-corrected chi connectivity index (χ2v) is 10.4. The Balaban J connectivity index is 2.16. The van der Waals surface area contributed by atoms with E-state index in [0.717, 1.165) is 0 Å². The summed E-state index contributed by atoms with van der Waals surface area (Å²) in [5.74, 6) is -1.82. The number of ether oxygens (including phenoxy) is 1. The third-order valence-corrected chi connectivity index (χ3v) is 7.08. The summed E-state index contributed by atoms with van der Waals surface area (Å²) in [7, 11) is -4.07. The van der Waals surface area contributed by atoms with E-state index < -0.39 is 16.0 Å². The average Bonchev–Trinajstić information content (AvgIpc) is 3.16.